The van der Waals surface area contributed by atoms with Crippen LogP contribution in [-0.2, 0) is 19.3 Å². The molecule has 0 radical (unpaired) electrons. The third kappa shape index (κ3) is 8.91. The third-order valence-corrected chi connectivity index (χ3v) is 2.75. The zero-order chi connectivity index (χ0) is 17.6. The molecular formula is C15H23N3O6. The third-order valence-electron chi connectivity index (χ3n) is 2.75. The topological polar surface area (TPSA) is 108 Å². The quantitative estimate of drug-likeness (QED) is 0.427. The summed E-state index contributed by atoms with van der Waals surface area (Å²) in [5.74, 6) is 0.613. The van der Waals surface area contributed by atoms with Gasteiger partial charge in [-0.25, -0.2) is 15.9 Å². The highest BCUT2D eigenvalue weighted by Gasteiger charge is 2.04. The van der Waals surface area contributed by atoms with Crippen molar-refractivity contribution in [2.75, 3.05) is 27.4 Å². The standard InChI is InChI=1S/C15H23N3O6/c1-21-17-13(19)5-3-9-23-12-7-8-16-15(11-12)24-10-4-6-14(20)18-22-2/h7-8,11H,3-6,9-10H2,1-2H3,(H,17,19)(H,18,20). The number of hydrogen-bond acceptors (Lipinski definition) is 7. The van der Waals surface area contributed by atoms with Gasteiger partial charge in [-0.3, -0.25) is 19.3 Å². The first-order valence-electron chi connectivity index (χ1n) is 7.51. The van der Waals surface area contributed by atoms with Crippen molar-refractivity contribution in [2.45, 2.75) is 25.7 Å². The molecule has 0 atom stereocenters. The van der Waals surface area contributed by atoms with E-state index in [0.717, 1.165) is 0 Å². The molecule has 0 aliphatic carbocycles. The number of carbonyl (C=O) groups excluding carboxylic acids is 2. The summed E-state index contributed by atoms with van der Waals surface area (Å²) in [5, 5.41) is 0. The highest BCUT2D eigenvalue weighted by Crippen LogP contribution is 2.17. The summed E-state index contributed by atoms with van der Waals surface area (Å²) in [5.41, 5.74) is 4.47. The largest absolute Gasteiger partial charge is 0.493 e. The van der Waals surface area contributed by atoms with Crippen LogP contribution in [-0.4, -0.2) is 44.2 Å². The number of hydrogen-bond donors (Lipinski definition) is 2. The van der Waals surface area contributed by atoms with E-state index in [9.17, 15) is 9.59 Å². The Kier molecular flexibility index (Phi) is 9.90. The van der Waals surface area contributed by atoms with E-state index < -0.39 is 0 Å². The Morgan fingerprint density at radius 2 is 1.58 bits per heavy atom. The maximum absolute atomic E-state index is 11.2. The van der Waals surface area contributed by atoms with Gasteiger partial charge in [0.25, 0.3) is 0 Å². The lowest BCUT2D eigenvalue weighted by molar-refractivity contribution is -0.132. The molecule has 0 unspecified atom stereocenters. The van der Waals surface area contributed by atoms with Gasteiger partial charge in [0.1, 0.15) is 5.75 Å². The number of pyridine rings is 1. The number of hydroxylamine groups is 2. The smallest absolute Gasteiger partial charge is 0.243 e. The van der Waals surface area contributed by atoms with E-state index in [-0.39, 0.29) is 11.8 Å². The van der Waals surface area contributed by atoms with Gasteiger partial charge in [0.2, 0.25) is 17.7 Å². The lowest BCUT2D eigenvalue weighted by Gasteiger charge is -2.09. The SMILES string of the molecule is CONC(=O)CCCOc1ccnc(OCCCC(=O)NOC)c1. The van der Waals surface area contributed by atoms with Gasteiger partial charge in [-0.2, -0.15) is 0 Å². The van der Waals surface area contributed by atoms with E-state index in [4.69, 9.17) is 9.47 Å². The van der Waals surface area contributed by atoms with Gasteiger partial charge in [-0.15, -0.1) is 0 Å². The molecule has 134 valence electrons. The van der Waals surface area contributed by atoms with Gasteiger partial charge in [-0.1, -0.05) is 0 Å². The van der Waals surface area contributed by atoms with E-state index in [0.29, 0.717) is 50.5 Å². The normalized spacial score (nSPS) is 10.1. The van der Waals surface area contributed by atoms with Crippen LogP contribution in [0, 0.1) is 0 Å². The van der Waals surface area contributed by atoms with Gasteiger partial charge in [0.15, 0.2) is 0 Å². The highest BCUT2D eigenvalue weighted by molar-refractivity contribution is 5.74. The molecular weight excluding hydrogens is 318 g/mol. The summed E-state index contributed by atoms with van der Waals surface area (Å²) in [6.45, 7) is 0.739. The van der Waals surface area contributed by atoms with Crippen LogP contribution in [0.2, 0.25) is 0 Å². The van der Waals surface area contributed by atoms with Crippen molar-refractivity contribution >= 4 is 11.8 Å². The number of amides is 2. The molecule has 0 saturated carbocycles. The summed E-state index contributed by atoms with van der Waals surface area (Å²) in [6, 6.07) is 3.36. The van der Waals surface area contributed by atoms with Crippen LogP contribution < -0.4 is 20.4 Å². The molecule has 1 aromatic rings. The number of ether oxygens (including phenoxy) is 2. The minimum Gasteiger partial charge on any atom is -0.493 e. The van der Waals surface area contributed by atoms with Crippen LogP contribution in [0.15, 0.2) is 18.3 Å². The van der Waals surface area contributed by atoms with Crippen molar-refractivity contribution in [1.29, 1.82) is 0 Å². The Hall–Kier alpha value is -2.39. The zero-order valence-electron chi connectivity index (χ0n) is 13.9. The fraction of sp³-hybridized carbons (Fsp3) is 0.533. The Labute approximate surface area is 140 Å². The summed E-state index contributed by atoms with van der Waals surface area (Å²) in [7, 11) is 2.77. The first-order chi connectivity index (χ1) is 11.7. The molecule has 1 rings (SSSR count). The molecule has 1 heterocycles. The lowest BCUT2D eigenvalue weighted by atomic mass is 10.3. The number of rotatable bonds is 12. The predicted molar refractivity (Wildman–Crippen MR) is 84.0 cm³/mol. The van der Waals surface area contributed by atoms with Crippen molar-refractivity contribution < 1.29 is 28.7 Å². The average molecular weight is 341 g/mol. The van der Waals surface area contributed by atoms with Crippen LogP contribution in [0.4, 0.5) is 0 Å². The van der Waals surface area contributed by atoms with Crippen LogP contribution >= 0.6 is 0 Å². The molecule has 9 nitrogen and oxygen atoms in total. The first kappa shape index (κ1) is 19.7. The minimum absolute atomic E-state index is 0.197. The second-order valence-corrected chi connectivity index (χ2v) is 4.69. The first-order valence-corrected chi connectivity index (χ1v) is 7.51. The molecule has 24 heavy (non-hydrogen) atoms. The number of nitrogens with one attached hydrogen (secondary N) is 2. The Bertz CT molecular complexity index is 470. The van der Waals surface area contributed by atoms with Crippen molar-refractivity contribution in [1.82, 2.24) is 15.9 Å². The fourth-order valence-electron chi connectivity index (χ4n) is 1.72. The molecule has 0 saturated heterocycles. The van der Waals surface area contributed by atoms with Crippen molar-refractivity contribution in [3.05, 3.63) is 18.3 Å². The van der Waals surface area contributed by atoms with Gasteiger partial charge in [0.05, 0.1) is 27.4 Å². The maximum Gasteiger partial charge on any atom is 0.243 e. The van der Waals surface area contributed by atoms with Crippen LogP contribution in [0.3, 0.4) is 0 Å². The summed E-state index contributed by atoms with van der Waals surface area (Å²) < 4.78 is 11.0. The van der Waals surface area contributed by atoms with E-state index in [1.54, 1.807) is 18.3 Å². The molecule has 0 fully saturated rings. The molecule has 0 aliphatic rings. The van der Waals surface area contributed by atoms with Gasteiger partial charge in [-0.05, 0) is 18.9 Å². The Morgan fingerprint density at radius 1 is 1.00 bits per heavy atom. The molecule has 0 aliphatic heterocycles. The number of carbonyl (C=O) groups is 2. The second-order valence-electron chi connectivity index (χ2n) is 4.69. The van der Waals surface area contributed by atoms with E-state index >= 15 is 0 Å². The van der Waals surface area contributed by atoms with E-state index in [1.807, 2.05) is 0 Å². The second kappa shape index (κ2) is 12.1. The average Bonchev–Trinajstić information content (AvgIpc) is 2.57. The molecule has 9 heteroatoms. The van der Waals surface area contributed by atoms with Crippen molar-refractivity contribution in [2.24, 2.45) is 0 Å². The minimum atomic E-state index is -0.205. The molecule has 0 spiro atoms. The van der Waals surface area contributed by atoms with Crippen LogP contribution in [0.25, 0.3) is 0 Å². The molecule has 1 aromatic heterocycles. The van der Waals surface area contributed by atoms with Crippen LogP contribution in [0.5, 0.6) is 11.6 Å². The molecule has 0 bridgehead atoms. The Morgan fingerprint density at radius 3 is 2.17 bits per heavy atom. The van der Waals surface area contributed by atoms with Crippen molar-refractivity contribution in [3.8, 4) is 11.6 Å². The predicted octanol–water partition coefficient (Wildman–Crippen LogP) is 0.755. The zero-order valence-corrected chi connectivity index (χ0v) is 13.9. The summed E-state index contributed by atoms with van der Waals surface area (Å²) in [6.07, 6.45) is 3.28. The van der Waals surface area contributed by atoms with Gasteiger partial charge < -0.3 is 9.47 Å². The van der Waals surface area contributed by atoms with E-state index in [2.05, 4.69) is 25.6 Å². The monoisotopic (exact) mass is 341 g/mol. The molecule has 2 N–H and O–H groups in total. The van der Waals surface area contributed by atoms with Crippen molar-refractivity contribution in [3.63, 3.8) is 0 Å². The molecule has 2 amide bonds. The Balaban J connectivity index is 2.23. The summed E-state index contributed by atoms with van der Waals surface area (Å²) >= 11 is 0. The highest BCUT2D eigenvalue weighted by atomic mass is 16.6. The van der Waals surface area contributed by atoms with Gasteiger partial charge >= 0.3 is 0 Å². The number of nitrogens with zero attached hydrogens (tertiary/aromatic N) is 1. The fourth-order valence-corrected chi connectivity index (χ4v) is 1.72. The number of aromatic nitrogens is 1. The maximum atomic E-state index is 11.2. The van der Waals surface area contributed by atoms with Gasteiger partial charge in [0, 0.05) is 25.1 Å². The molecule has 0 aromatic carbocycles. The lowest BCUT2D eigenvalue weighted by Crippen LogP contribution is -2.22. The summed E-state index contributed by atoms with van der Waals surface area (Å²) in [4.78, 5) is 35.5. The van der Waals surface area contributed by atoms with Crippen LogP contribution in [0.1, 0.15) is 25.7 Å². The van der Waals surface area contributed by atoms with E-state index in [1.165, 1.54) is 14.2 Å².